The predicted octanol–water partition coefficient (Wildman–Crippen LogP) is 0.361. The summed E-state index contributed by atoms with van der Waals surface area (Å²) >= 11 is 0. The molecule has 2 aliphatic carbocycles. The second-order valence-corrected chi connectivity index (χ2v) is 7.30. The number of rotatable bonds is 3. The van der Waals surface area contributed by atoms with Crippen molar-refractivity contribution >= 4 is 17.8 Å². The molecule has 4 fully saturated rings. The summed E-state index contributed by atoms with van der Waals surface area (Å²) in [6, 6.07) is 0. The minimum atomic E-state index is -0.800. The van der Waals surface area contributed by atoms with Crippen molar-refractivity contribution in [3.8, 4) is 0 Å². The van der Waals surface area contributed by atoms with Crippen LogP contribution < -0.4 is 10.6 Å². The van der Waals surface area contributed by atoms with E-state index < -0.39 is 5.54 Å². The number of nitrogens with one attached hydrogen (secondary N) is 2. The van der Waals surface area contributed by atoms with Crippen molar-refractivity contribution in [2.45, 2.75) is 44.1 Å². The molecule has 6 heteroatoms. The number of carbonyl (C=O) groups excluding carboxylic acids is 3. The van der Waals surface area contributed by atoms with E-state index in [1.807, 2.05) is 0 Å². The van der Waals surface area contributed by atoms with E-state index in [1.54, 1.807) is 0 Å². The Morgan fingerprint density at radius 2 is 2.09 bits per heavy atom. The van der Waals surface area contributed by atoms with Gasteiger partial charge in [-0.15, -0.1) is 0 Å². The Bertz CT molecular complexity index is 534. The molecular weight excluding hydrogens is 284 g/mol. The summed E-state index contributed by atoms with van der Waals surface area (Å²) in [5, 5.41) is 5.77. The number of ether oxygens (including phenoxy) is 1. The fourth-order valence-corrected chi connectivity index (χ4v) is 4.96. The van der Waals surface area contributed by atoms with Crippen LogP contribution in [0.15, 0.2) is 0 Å². The van der Waals surface area contributed by atoms with Crippen molar-refractivity contribution in [3.63, 3.8) is 0 Å². The molecule has 2 saturated heterocycles. The summed E-state index contributed by atoms with van der Waals surface area (Å²) < 4.78 is 5.50. The highest BCUT2D eigenvalue weighted by Gasteiger charge is 2.67. The normalized spacial score (nSPS) is 42.7. The molecule has 5 unspecified atom stereocenters. The summed E-state index contributed by atoms with van der Waals surface area (Å²) in [6.45, 7) is 0.832. The van der Waals surface area contributed by atoms with Crippen LogP contribution in [-0.2, 0) is 19.1 Å². The first kappa shape index (κ1) is 14.0. The maximum absolute atomic E-state index is 12.6. The van der Waals surface area contributed by atoms with Crippen LogP contribution in [0, 0.1) is 23.7 Å². The molecule has 0 aromatic carbocycles. The maximum Gasteiger partial charge on any atom is 0.332 e. The van der Waals surface area contributed by atoms with E-state index >= 15 is 0 Å². The number of carbonyl (C=O) groups is 3. The van der Waals surface area contributed by atoms with Gasteiger partial charge in [0, 0.05) is 18.4 Å². The highest BCUT2D eigenvalue weighted by molar-refractivity contribution is 5.95. The zero-order valence-electron chi connectivity index (χ0n) is 12.6. The molecule has 120 valence electrons. The Labute approximate surface area is 129 Å². The van der Waals surface area contributed by atoms with Gasteiger partial charge in [0.25, 0.3) is 0 Å². The van der Waals surface area contributed by atoms with Crippen LogP contribution in [0.3, 0.4) is 0 Å². The Kier molecular flexibility index (Phi) is 3.16. The topological polar surface area (TPSA) is 84.5 Å². The minimum absolute atomic E-state index is 0.00696. The van der Waals surface area contributed by atoms with E-state index in [0.717, 1.165) is 32.1 Å². The third kappa shape index (κ3) is 1.96. The van der Waals surface area contributed by atoms with Crippen molar-refractivity contribution in [1.82, 2.24) is 10.6 Å². The number of amides is 2. The van der Waals surface area contributed by atoms with Crippen molar-refractivity contribution in [2.75, 3.05) is 13.2 Å². The molecule has 0 radical (unpaired) electrons. The standard InChI is InChI=1S/C16H22N2O4/c19-13-10(3-1-2-4-17-13)8-22-15(21)16-7-9-5-11(12(16)6-9)14(20)18-16/h9-12H,1-8H2,(H,17,19)(H,18,20). The van der Waals surface area contributed by atoms with Crippen LogP contribution >= 0.6 is 0 Å². The van der Waals surface area contributed by atoms with Crippen LogP contribution in [0.1, 0.15) is 38.5 Å². The highest BCUT2D eigenvalue weighted by atomic mass is 16.5. The summed E-state index contributed by atoms with van der Waals surface area (Å²) in [5.74, 6) is -0.0456. The van der Waals surface area contributed by atoms with E-state index in [0.29, 0.717) is 18.9 Å². The fraction of sp³-hybridized carbons (Fsp3) is 0.812. The number of fused-ring (bicyclic) bond motifs is 1. The SMILES string of the molecule is O=C1NCCCCC1COC(=O)C12CC3CC(C(=O)N1)C2C3. The first-order chi connectivity index (χ1) is 10.6. The fourth-order valence-electron chi connectivity index (χ4n) is 4.96. The summed E-state index contributed by atoms with van der Waals surface area (Å²) in [5.41, 5.74) is -0.800. The van der Waals surface area contributed by atoms with Gasteiger partial charge in [0.1, 0.15) is 12.1 Å². The Balaban J connectivity index is 1.42. The van der Waals surface area contributed by atoms with Gasteiger partial charge in [-0.25, -0.2) is 4.79 Å². The largest absolute Gasteiger partial charge is 0.463 e. The molecule has 2 aliphatic heterocycles. The van der Waals surface area contributed by atoms with Crippen molar-refractivity contribution in [2.24, 2.45) is 23.7 Å². The molecule has 2 amide bonds. The Morgan fingerprint density at radius 1 is 1.23 bits per heavy atom. The van der Waals surface area contributed by atoms with Crippen LogP contribution in [0.5, 0.6) is 0 Å². The zero-order chi connectivity index (χ0) is 15.3. The Hall–Kier alpha value is -1.59. The molecule has 2 heterocycles. The van der Waals surface area contributed by atoms with Gasteiger partial charge in [0.15, 0.2) is 0 Å². The predicted molar refractivity (Wildman–Crippen MR) is 76.5 cm³/mol. The summed E-state index contributed by atoms with van der Waals surface area (Å²) in [6.07, 6.45) is 5.26. The molecule has 22 heavy (non-hydrogen) atoms. The second kappa shape index (κ2) is 4.96. The van der Waals surface area contributed by atoms with Gasteiger partial charge >= 0.3 is 5.97 Å². The van der Waals surface area contributed by atoms with Gasteiger partial charge in [-0.2, -0.15) is 0 Å². The lowest BCUT2D eigenvalue weighted by molar-refractivity contribution is -0.155. The van der Waals surface area contributed by atoms with Gasteiger partial charge in [0.05, 0.1) is 5.92 Å². The third-order valence-corrected chi connectivity index (χ3v) is 6.02. The van der Waals surface area contributed by atoms with E-state index in [4.69, 9.17) is 4.74 Å². The van der Waals surface area contributed by atoms with Crippen LogP contribution in [0.25, 0.3) is 0 Å². The molecule has 0 aromatic rings. The minimum Gasteiger partial charge on any atom is -0.463 e. The lowest BCUT2D eigenvalue weighted by Gasteiger charge is -2.30. The number of esters is 1. The zero-order valence-corrected chi connectivity index (χ0v) is 12.6. The molecule has 2 saturated carbocycles. The average Bonchev–Trinajstić information content (AvgIpc) is 3.04. The van der Waals surface area contributed by atoms with E-state index in [1.165, 1.54) is 0 Å². The summed E-state index contributed by atoms with van der Waals surface area (Å²) in [4.78, 5) is 36.6. The molecule has 2 N–H and O–H groups in total. The first-order valence-corrected chi connectivity index (χ1v) is 8.37. The first-order valence-electron chi connectivity index (χ1n) is 8.37. The average molecular weight is 306 g/mol. The van der Waals surface area contributed by atoms with E-state index in [2.05, 4.69) is 10.6 Å². The number of hydrogen-bond donors (Lipinski definition) is 2. The molecular formula is C16H22N2O4. The summed E-state index contributed by atoms with van der Waals surface area (Å²) in [7, 11) is 0. The molecule has 5 atom stereocenters. The second-order valence-electron chi connectivity index (χ2n) is 7.30. The molecule has 4 aliphatic rings. The molecule has 4 rings (SSSR count). The monoisotopic (exact) mass is 306 g/mol. The third-order valence-electron chi connectivity index (χ3n) is 6.02. The smallest absolute Gasteiger partial charge is 0.332 e. The van der Waals surface area contributed by atoms with Gasteiger partial charge in [-0.3, -0.25) is 9.59 Å². The van der Waals surface area contributed by atoms with Crippen LogP contribution in [0.2, 0.25) is 0 Å². The number of hydrogen-bond acceptors (Lipinski definition) is 4. The van der Waals surface area contributed by atoms with Gasteiger partial charge in [-0.05, 0) is 38.0 Å². The van der Waals surface area contributed by atoms with Crippen LogP contribution in [0.4, 0.5) is 0 Å². The lowest BCUT2D eigenvalue weighted by Crippen LogP contribution is -2.52. The maximum atomic E-state index is 12.6. The molecule has 6 nitrogen and oxygen atoms in total. The van der Waals surface area contributed by atoms with Gasteiger partial charge < -0.3 is 15.4 Å². The van der Waals surface area contributed by atoms with Gasteiger partial charge in [-0.1, -0.05) is 6.42 Å². The van der Waals surface area contributed by atoms with Crippen LogP contribution in [-0.4, -0.2) is 36.5 Å². The molecule has 0 spiro atoms. The van der Waals surface area contributed by atoms with Crippen molar-refractivity contribution in [1.29, 1.82) is 0 Å². The van der Waals surface area contributed by atoms with Crippen molar-refractivity contribution in [3.05, 3.63) is 0 Å². The molecule has 0 aromatic heterocycles. The van der Waals surface area contributed by atoms with Crippen molar-refractivity contribution < 1.29 is 19.1 Å². The quantitative estimate of drug-likeness (QED) is 0.737. The Morgan fingerprint density at radius 3 is 2.91 bits per heavy atom. The highest BCUT2D eigenvalue weighted by Crippen LogP contribution is 2.57. The van der Waals surface area contributed by atoms with Gasteiger partial charge in [0.2, 0.25) is 11.8 Å². The lowest BCUT2D eigenvalue weighted by atomic mass is 9.79. The molecule has 2 bridgehead atoms. The van der Waals surface area contributed by atoms with E-state index in [-0.39, 0.29) is 42.1 Å². The van der Waals surface area contributed by atoms with E-state index in [9.17, 15) is 14.4 Å².